The number of hydrogen-bond acceptors (Lipinski definition) is 7. The van der Waals surface area contributed by atoms with Gasteiger partial charge in [0.05, 0.1) is 16.0 Å². The lowest BCUT2D eigenvalue weighted by Gasteiger charge is -1.98. The van der Waals surface area contributed by atoms with Crippen molar-refractivity contribution in [3.05, 3.63) is 28.8 Å². The zero-order chi connectivity index (χ0) is 14.8. The van der Waals surface area contributed by atoms with Crippen LogP contribution in [0.3, 0.4) is 0 Å². The lowest BCUT2D eigenvalue weighted by atomic mass is 10.2. The van der Waals surface area contributed by atoms with Crippen molar-refractivity contribution >= 4 is 55.7 Å². The van der Waals surface area contributed by atoms with Crippen LogP contribution >= 0.6 is 34.4 Å². The largest absolute Gasteiger partial charge is 0.301 e. The van der Waals surface area contributed by atoms with Crippen LogP contribution in [0.25, 0.3) is 10.2 Å². The van der Waals surface area contributed by atoms with Crippen LogP contribution in [-0.2, 0) is 4.79 Å². The molecule has 108 valence electrons. The van der Waals surface area contributed by atoms with Crippen molar-refractivity contribution in [1.29, 1.82) is 0 Å². The molecule has 0 saturated carbocycles. The van der Waals surface area contributed by atoms with E-state index in [0.717, 1.165) is 19.6 Å². The molecule has 3 rings (SSSR count). The fraction of sp³-hybridized carbons (Fsp3) is 0.231. The second-order valence-electron chi connectivity index (χ2n) is 4.41. The summed E-state index contributed by atoms with van der Waals surface area (Å²) < 4.78 is 1.89. The van der Waals surface area contributed by atoms with Crippen molar-refractivity contribution in [2.75, 3.05) is 11.1 Å². The highest BCUT2D eigenvalue weighted by Gasteiger charge is 2.10. The molecule has 1 N–H and O–H groups in total. The Morgan fingerprint density at radius 2 is 2.14 bits per heavy atom. The molecule has 0 saturated heterocycles. The van der Waals surface area contributed by atoms with Gasteiger partial charge in [-0.1, -0.05) is 40.5 Å². The molecule has 2 heterocycles. The number of rotatable bonds is 4. The predicted molar refractivity (Wildman–Crippen MR) is 88.4 cm³/mol. The Hall–Kier alpha value is -1.51. The van der Waals surface area contributed by atoms with E-state index in [4.69, 9.17) is 0 Å². The predicted octanol–water partition coefficient (Wildman–Crippen LogP) is 3.50. The highest BCUT2D eigenvalue weighted by Crippen LogP contribution is 2.27. The van der Waals surface area contributed by atoms with E-state index in [1.54, 1.807) is 0 Å². The molecule has 0 aliphatic heterocycles. The second-order valence-corrected chi connectivity index (χ2v) is 7.85. The molecule has 0 fully saturated rings. The molecule has 0 aliphatic rings. The highest BCUT2D eigenvalue weighted by molar-refractivity contribution is 8.01. The minimum absolute atomic E-state index is 0.0800. The number of aromatic nitrogens is 3. The van der Waals surface area contributed by atoms with E-state index in [9.17, 15) is 4.79 Å². The molecule has 0 spiro atoms. The van der Waals surface area contributed by atoms with Gasteiger partial charge in [-0.3, -0.25) is 4.79 Å². The van der Waals surface area contributed by atoms with Crippen LogP contribution in [0.5, 0.6) is 0 Å². The van der Waals surface area contributed by atoms with Crippen molar-refractivity contribution in [2.24, 2.45) is 0 Å². The number of carbonyl (C=O) groups is 1. The van der Waals surface area contributed by atoms with Crippen LogP contribution in [0.2, 0.25) is 0 Å². The molecular weight excluding hydrogens is 324 g/mol. The van der Waals surface area contributed by atoms with Crippen LogP contribution in [0, 0.1) is 13.8 Å². The summed E-state index contributed by atoms with van der Waals surface area (Å²) in [5.74, 6) is 0.229. The molecule has 0 aliphatic carbocycles. The van der Waals surface area contributed by atoms with Crippen molar-refractivity contribution in [2.45, 2.75) is 18.2 Å². The Bertz CT molecular complexity index is 796. The van der Waals surface area contributed by atoms with E-state index < -0.39 is 0 Å². The van der Waals surface area contributed by atoms with Gasteiger partial charge in [-0.25, -0.2) is 4.98 Å². The third-order valence-electron chi connectivity index (χ3n) is 2.62. The van der Waals surface area contributed by atoms with Gasteiger partial charge in [-0.2, -0.15) is 0 Å². The van der Waals surface area contributed by atoms with Gasteiger partial charge in [0, 0.05) is 0 Å². The number of nitrogens with one attached hydrogen (secondary N) is 1. The monoisotopic (exact) mass is 336 g/mol. The van der Waals surface area contributed by atoms with Gasteiger partial charge in [-0.15, -0.1) is 10.2 Å². The average Bonchev–Trinajstić information content (AvgIpc) is 3.01. The maximum atomic E-state index is 11.9. The summed E-state index contributed by atoms with van der Waals surface area (Å²) in [6.07, 6.45) is 0. The molecule has 0 atom stereocenters. The number of aryl methyl sites for hydroxylation is 2. The van der Waals surface area contributed by atoms with E-state index in [0.29, 0.717) is 10.9 Å². The molecular formula is C13H12N4OS3. The number of benzene rings is 1. The summed E-state index contributed by atoms with van der Waals surface area (Å²) in [6, 6.07) is 6.05. The highest BCUT2D eigenvalue weighted by atomic mass is 32.2. The Labute approximate surface area is 133 Å². The first-order valence-electron chi connectivity index (χ1n) is 6.20. The van der Waals surface area contributed by atoms with Gasteiger partial charge in [0.1, 0.15) is 5.01 Å². The number of carbonyl (C=O) groups excluding carboxylic acids is 1. The lowest BCUT2D eigenvalue weighted by molar-refractivity contribution is -0.113. The lowest BCUT2D eigenvalue weighted by Crippen LogP contribution is -2.13. The first kappa shape index (κ1) is 14.4. The zero-order valence-electron chi connectivity index (χ0n) is 11.4. The van der Waals surface area contributed by atoms with E-state index in [2.05, 4.69) is 26.6 Å². The molecule has 0 radical (unpaired) electrons. The summed E-state index contributed by atoms with van der Waals surface area (Å²) in [5.41, 5.74) is 2.10. The summed E-state index contributed by atoms with van der Waals surface area (Å²) >= 11 is 4.36. The fourth-order valence-corrected chi connectivity index (χ4v) is 4.30. The van der Waals surface area contributed by atoms with Crippen molar-refractivity contribution in [3.8, 4) is 0 Å². The van der Waals surface area contributed by atoms with Gasteiger partial charge in [-0.05, 0) is 31.5 Å². The van der Waals surface area contributed by atoms with Crippen LogP contribution in [-0.4, -0.2) is 26.8 Å². The Balaban J connectivity index is 1.63. The Kier molecular flexibility index (Phi) is 4.18. The SMILES string of the molecule is Cc1ccc2nc(NC(=O)CSc3nnc(C)s3)sc2c1. The topological polar surface area (TPSA) is 67.8 Å². The quantitative estimate of drug-likeness (QED) is 0.739. The number of thiazole rings is 1. The van der Waals surface area contributed by atoms with E-state index in [-0.39, 0.29) is 5.91 Å². The fourth-order valence-electron chi connectivity index (χ4n) is 1.70. The Morgan fingerprint density at radius 1 is 1.29 bits per heavy atom. The van der Waals surface area contributed by atoms with Gasteiger partial charge in [0.25, 0.3) is 0 Å². The molecule has 0 unspecified atom stereocenters. The molecule has 8 heteroatoms. The zero-order valence-corrected chi connectivity index (χ0v) is 13.9. The van der Waals surface area contributed by atoms with Crippen LogP contribution in [0.15, 0.2) is 22.5 Å². The van der Waals surface area contributed by atoms with Gasteiger partial charge < -0.3 is 5.32 Å². The molecule has 1 aromatic carbocycles. The van der Waals surface area contributed by atoms with Gasteiger partial charge in [0.2, 0.25) is 5.91 Å². The summed E-state index contributed by atoms with van der Waals surface area (Å²) in [5, 5.41) is 12.3. The molecule has 0 bridgehead atoms. The number of hydrogen-bond donors (Lipinski definition) is 1. The maximum Gasteiger partial charge on any atom is 0.236 e. The van der Waals surface area contributed by atoms with Crippen molar-refractivity contribution < 1.29 is 4.79 Å². The first-order valence-corrected chi connectivity index (χ1v) is 8.82. The first-order chi connectivity index (χ1) is 10.1. The van der Waals surface area contributed by atoms with Gasteiger partial charge >= 0.3 is 0 Å². The Morgan fingerprint density at radius 3 is 2.90 bits per heavy atom. The minimum Gasteiger partial charge on any atom is -0.301 e. The van der Waals surface area contributed by atoms with Crippen LogP contribution in [0.4, 0.5) is 5.13 Å². The number of anilines is 1. The third-order valence-corrected chi connectivity index (χ3v) is 5.53. The van der Waals surface area contributed by atoms with Crippen molar-refractivity contribution in [3.63, 3.8) is 0 Å². The van der Waals surface area contributed by atoms with Gasteiger partial charge in [0.15, 0.2) is 9.47 Å². The second kappa shape index (κ2) is 6.08. The van der Waals surface area contributed by atoms with E-state index in [1.807, 2.05) is 26.0 Å². The normalized spacial score (nSPS) is 11.0. The number of amides is 1. The van der Waals surface area contributed by atoms with Crippen LogP contribution in [0.1, 0.15) is 10.6 Å². The molecule has 21 heavy (non-hydrogen) atoms. The summed E-state index contributed by atoms with van der Waals surface area (Å²) in [6.45, 7) is 3.93. The standard InChI is InChI=1S/C13H12N4OS3/c1-7-3-4-9-10(5-7)21-12(14-9)15-11(18)6-19-13-17-16-8(2)20-13/h3-5H,6H2,1-2H3,(H,14,15,18). The van der Waals surface area contributed by atoms with E-state index in [1.165, 1.54) is 40.0 Å². The minimum atomic E-state index is -0.0800. The average molecular weight is 336 g/mol. The molecule has 3 aromatic rings. The van der Waals surface area contributed by atoms with E-state index >= 15 is 0 Å². The smallest absolute Gasteiger partial charge is 0.236 e. The molecule has 1 amide bonds. The van der Waals surface area contributed by atoms with Crippen LogP contribution < -0.4 is 5.32 Å². The molecule has 2 aromatic heterocycles. The molecule has 5 nitrogen and oxygen atoms in total. The summed E-state index contributed by atoms with van der Waals surface area (Å²) in [4.78, 5) is 16.3. The number of thioether (sulfide) groups is 1. The number of nitrogens with zero attached hydrogens (tertiary/aromatic N) is 3. The summed E-state index contributed by atoms with van der Waals surface area (Å²) in [7, 11) is 0. The third kappa shape index (κ3) is 3.58. The maximum absolute atomic E-state index is 11.9. The number of fused-ring (bicyclic) bond motifs is 1. The van der Waals surface area contributed by atoms with Crippen molar-refractivity contribution in [1.82, 2.24) is 15.2 Å².